The van der Waals surface area contributed by atoms with Gasteiger partial charge in [0.15, 0.2) is 0 Å². The Morgan fingerprint density at radius 1 is 0.857 bits per heavy atom. The number of nitrogens with zero attached hydrogens (tertiary/aromatic N) is 2. The van der Waals surface area contributed by atoms with Gasteiger partial charge in [-0.3, -0.25) is 0 Å². The Kier molecular flexibility index (Phi) is 5.50. The molecule has 0 aliphatic rings. The first-order valence-corrected chi connectivity index (χ1v) is 3.88. The molecule has 0 N–H and O–H groups in total. The lowest BCUT2D eigenvalue weighted by molar-refractivity contribution is -0.174. The lowest BCUT2D eigenvalue weighted by Crippen LogP contribution is -2.18. The van der Waals surface area contributed by atoms with Gasteiger partial charge in [0.2, 0.25) is 0 Å². The van der Waals surface area contributed by atoms with E-state index in [4.69, 9.17) is 0 Å². The summed E-state index contributed by atoms with van der Waals surface area (Å²) < 4.78 is 0. The first-order chi connectivity index (χ1) is 6.41. The number of hydroxylamine groups is 4. The molecule has 6 nitrogen and oxygen atoms in total. The monoisotopic (exact) mass is 202 g/mol. The van der Waals surface area contributed by atoms with Gasteiger partial charge in [-0.15, -0.1) is 10.1 Å². The van der Waals surface area contributed by atoms with Crippen LogP contribution in [0.4, 0.5) is 0 Å². The van der Waals surface area contributed by atoms with Crippen molar-refractivity contribution in [3.8, 4) is 0 Å². The molecule has 0 saturated carbocycles. The molecule has 0 aromatic rings. The van der Waals surface area contributed by atoms with Crippen molar-refractivity contribution in [2.75, 3.05) is 28.2 Å². The Bertz CT molecular complexity index is 211. The van der Waals surface area contributed by atoms with Crippen LogP contribution in [0.5, 0.6) is 0 Å². The van der Waals surface area contributed by atoms with Crippen molar-refractivity contribution in [3.05, 3.63) is 12.2 Å². The summed E-state index contributed by atoms with van der Waals surface area (Å²) in [7, 11) is 6.24. The highest BCUT2D eigenvalue weighted by Crippen LogP contribution is 1.87. The molecular weight excluding hydrogens is 188 g/mol. The number of carbonyl (C=O) groups is 2. The van der Waals surface area contributed by atoms with Crippen molar-refractivity contribution in [1.29, 1.82) is 0 Å². The van der Waals surface area contributed by atoms with E-state index in [1.807, 2.05) is 0 Å². The Morgan fingerprint density at radius 3 is 1.36 bits per heavy atom. The Balaban J connectivity index is 3.92. The van der Waals surface area contributed by atoms with Gasteiger partial charge in [-0.1, -0.05) is 0 Å². The van der Waals surface area contributed by atoms with Gasteiger partial charge in [-0.2, -0.15) is 0 Å². The Morgan fingerprint density at radius 2 is 1.14 bits per heavy atom. The summed E-state index contributed by atoms with van der Waals surface area (Å²) in [6.07, 6.45) is 1.98. The Hall–Kier alpha value is -1.40. The van der Waals surface area contributed by atoms with Crippen LogP contribution in [-0.2, 0) is 19.3 Å². The van der Waals surface area contributed by atoms with E-state index < -0.39 is 11.9 Å². The number of rotatable bonds is 4. The molecule has 0 radical (unpaired) electrons. The van der Waals surface area contributed by atoms with E-state index in [-0.39, 0.29) is 0 Å². The third-order valence-corrected chi connectivity index (χ3v) is 0.901. The lowest BCUT2D eigenvalue weighted by atomic mass is 10.5. The zero-order valence-corrected chi connectivity index (χ0v) is 8.68. The normalized spacial score (nSPS) is 11.0. The zero-order valence-electron chi connectivity index (χ0n) is 8.68. The third kappa shape index (κ3) is 7.26. The van der Waals surface area contributed by atoms with Crippen molar-refractivity contribution in [2.45, 2.75) is 0 Å². The van der Waals surface area contributed by atoms with Crippen LogP contribution in [0.3, 0.4) is 0 Å². The maximum absolute atomic E-state index is 10.9. The highest BCUT2D eigenvalue weighted by Gasteiger charge is 2.02. The van der Waals surface area contributed by atoms with Crippen LogP contribution in [0.15, 0.2) is 12.2 Å². The predicted molar refractivity (Wildman–Crippen MR) is 48.7 cm³/mol. The smallest absolute Gasteiger partial charge is 0.349 e. The molecular formula is C8H14N2O4. The molecule has 0 spiro atoms. The number of hydrogen-bond donors (Lipinski definition) is 0. The van der Waals surface area contributed by atoms with E-state index in [0.717, 1.165) is 12.2 Å². The molecule has 0 heterocycles. The minimum absolute atomic E-state index is 0.634. The molecule has 14 heavy (non-hydrogen) atoms. The molecule has 6 heteroatoms. The van der Waals surface area contributed by atoms with E-state index >= 15 is 0 Å². The minimum Gasteiger partial charge on any atom is -0.365 e. The number of hydrogen-bond acceptors (Lipinski definition) is 6. The molecule has 0 aromatic heterocycles. The maximum Gasteiger partial charge on any atom is 0.349 e. The van der Waals surface area contributed by atoms with Crippen LogP contribution in [0.2, 0.25) is 0 Å². The Labute approximate surface area is 82.6 Å². The van der Waals surface area contributed by atoms with Crippen LogP contribution in [-0.4, -0.2) is 50.3 Å². The van der Waals surface area contributed by atoms with Gasteiger partial charge in [0.05, 0.1) is 0 Å². The second kappa shape index (κ2) is 6.11. The zero-order chi connectivity index (χ0) is 11.1. The summed E-state index contributed by atoms with van der Waals surface area (Å²) in [5.41, 5.74) is 0. The fourth-order valence-electron chi connectivity index (χ4n) is 0.557. The molecule has 0 fully saturated rings. The minimum atomic E-state index is -0.634. The van der Waals surface area contributed by atoms with E-state index in [0.29, 0.717) is 0 Å². The van der Waals surface area contributed by atoms with Crippen molar-refractivity contribution in [3.63, 3.8) is 0 Å². The van der Waals surface area contributed by atoms with Gasteiger partial charge in [0.1, 0.15) is 0 Å². The quantitative estimate of drug-likeness (QED) is 0.456. The first kappa shape index (κ1) is 12.6. The lowest BCUT2D eigenvalue weighted by Gasteiger charge is -2.08. The van der Waals surface area contributed by atoms with Crippen LogP contribution in [0.1, 0.15) is 0 Å². The van der Waals surface area contributed by atoms with Gasteiger partial charge >= 0.3 is 11.9 Å². The molecule has 0 aromatic carbocycles. The maximum atomic E-state index is 10.9. The molecule has 0 atom stereocenters. The summed E-state index contributed by atoms with van der Waals surface area (Å²) in [4.78, 5) is 30.9. The summed E-state index contributed by atoms with van der Waals surface area (Å²) in [5.74, 6) is -1.27. The van der Waals surface area contributed by atoms with Crippen LogP contribution < -0.4 is 0 Å². The standard InChI is InChI=1S/C8H14N2O4/c1-9(2)13-7(11)5-6-8(12)14-10(3)4/h5-6H,1-4H3/b6-5-. The van der Waals surface area contributed by atoms with Gasteiger partial charge < -0.3 is 9.68 Å². The molecule has 0 amide bonds. The van der Waals surface area contributed by atoms with E-state index in [1.165, 1.54) is 10.1 Å². The van der Waals surface area contributed by atoms with Crippen molar-refractivity contribution < 1.29 is 19.3 Å². The molecule has 0 bridgehead atoms. The van der Waals surface area contributed by atoms with E-state index in [1.54, 1.807) is 28.2 Å². The largest absolute Gasteiger partial charge is 0.365 e. The van der Waals surface area contributed by atoms with Crippen LogP contribution in [0, 0.1) is 0 Å². The fraction of sp³-hybridized carbons (Fsp3) is 0.500. The van der Waals surface area contributed by atoms with Crippen LogP contribution >= 0.6 is 0 Å². The molecule has 0 aliphatic heterocycles. The number of carbonyl (C=O) groups excluding carboxylic acids is 2. The van der Waals surface area contributed by atoms with Gasteiger partial charge in [-0.25, -0.2) is 9.59 Å². The topological polar surface area (TPSA) is 59.1 Å². The molecule has 0 unspecified atom stereocenters. The summed E-state index contributed by atoms with van der Waals surface area (Å²) in [6, 6.07) is 0. The van der Waals surface area contributed by atoms with Gasteiger partial charge in [0.25, 0.3) is 0 Å². The summed E-state index contributed by atoms with van der Waals surface area (Å²) in [5, 5.41) is 2.45. The molecule has 0 aliphatic carbocycles. The van der Waals surface area contributed by atoms with Crippen molar-refractivity contribution >= 4 is 11.9 Å². The fourth-order valence-corrected chi connectivity index (χ4v) is 0.557. The average molecular weight is 202 g/mol. The third-order valence-electron chi connectivity index (χ3n) is 0.901. The average Bonchev–Trinajstić information content (AvgIpc) is 1.98. The SMILES string of the molecule is CN(C)OC(=O)/C=C\C(=O)ON(C)C. The van der Waals surface area contributed by atoms with E-state index in [2.05, 4.69) is 9.68 Å². The van der Waals surface area contributed by atoms with E-state index in [9.17, 15) is 9.59 Å². The molecule has 0 rings (SSSR count). The molecule has 0 saturated heterocycles. The van der Waals surface area contributed by atoms with Crippen molar-refractivity contribution in [1.82, 2.24) is 10.1 Å². The summed E-state index contributed by atoms with van der Waals surface area (Å²) in [6.45, 7) is 0. The van der Waals surface area contributed by atoms with Gasteiger partial charge in [0, 0.05) is 40.3 Å². The van der Waals surface area contributed by atoms with Gasteiger partial charge in [-0.05, 0) is 0 Å². The predicted octanol–water partition coefficient (Wildman–Crippen LogP) is -0.418. The summed E-state index contributed by atoms with van der Waals surface area (Å²) >= 11 is 0. The van der Waals surface area contributed by atoms with Crippen molar-refractivity contribution in [2.24, 2.45) is 0 Å². The highest BCUT2D eigenvalue weighted by atomic mass is 16.7. The second-order valence-electron chi connectivity index (χ2n) is 2.78. The highest BCUT2D eigenvalue weighted by molar-refractivity contribution is 5.91. The first-order valence-electron chi connectivity index (χ1n) is 3.88. The van der Waals surface area contributed by atoms with Crippen LogP contribution in [0.25, 0.3) is 0 Å². The molecule has 80 valence electrons. The second-order valence-corrected chi connectivity index (χ2v) is 2.78.